The second-order valence-corrected chi connectivity index (χ2v) is 6.40. The van der Waals surface area contributed by atoms with E-state index in [9.17, 15) is 0 Å². The third-order valence-electron chi connectivity index (χ3n) is 3.17. The van der Waals surface area contributed by atoms with Crippen molar-refractivity contribution in [3.05, 3.63) is 40.0 Å². The summed E-state index contributed by atoms with van der Waals surface area (Å²) >= 11 is 1.56. The standard InChI is InChI=1S/C15H17N3OS/c1-9(2)13-6-11-4-5-12(7-14(11)16-13)19-8-15-18-17-10(3)20-15/h4-7,9,16H,8H2,1-3H3. The van der Waals surface area contributed by atoms with E-state index in [1.807, 2.05) is 19.1 Å². The summed E-state index contributed by atoms with van der Waals surface area (Å²) < 4.78 is 5.77. The number of aromatic nitrogens is 3. The second-order valence-electron chi connectivity index (χ2n) is 5.13. The fourth-order valence-electron chi connectivity index (χ4n) is 2.07. The minimum Gasteiger partial charge on any atom is -0.486 e. The first-order valence-electron chi connectivity index (χ1n) is 6.66. The molecule has 0 bridgehead atoms. The van der Waals surface area contributed by atoms with E-state index < -0.39 is 0 Å². The molecule has 0 radical (unpaired) electrons. The molecule has 0 aliphatic heterocycles. The highest BCUT2D eigenvalue weighted by Crippen LogP contribution is 2.25. The molecule has 5 heteroatoms. The first kappa shape index (κ1) is 13.1. The maximum absolute atomic E-state index is 5.77. The number of hydrogen-bond acceptors (Lipinski definition) is 4. The molecule has 0 saturated heterocycles. The van der Waals surface area contributed by atoms with Crippen LogP contribution in [0.15, 0.2) is 24.3 Å². The largest absolute Gasteiger partial charge is 0.486 e. The van der Waals surface area contributed by atoms with Crippen LogP contribution in [0.1, 0.15) is 35.5 Å². The van der Waals surface area contributed by atoms with Gasteiger partial charge in [-0.3, -0.25) is 0 Å². The van der Waals surface area contributed by atoms with Crippen molar-refractivity contribution in [3.8, 4) is 5.75 Å². The Morgan fingerprint density at radius 2 is 2.10 bits per heavy atom. The van der Waals surface area contributed by atoms with Gasteiger partial charge in [-0.25, -0.2) is 0 Å². The Morgan fingerprint density at radius 3 is 2.80 bits per heavy atom. The van der Waals surface area contributed by atoms with Crippen LogP contribution in [0, 0.1) is 6.92 Å². The predicted octanol–water partition coefficient (Wildman–Crippen LogP) is 4.03. The van der Waals surface area contributed by atoms with Crippen molar-refractivity contribution in [3.63, 3.8) is 0 Å². The minimum absolute atomic E-state index is 0.467. The summed E-state index contributed by atoms with van der Waals surface area (Å²) in [6, 6.07) is 8.31. The molecule has 2 aromatic heterocycles. The summed E-state index contributed by atoms with van der Waals surface area (Å²) in [5, 5.41) is 11.1. The molecule has 4 nitrogen and oxygen atoms in total. The zero-order valence-corrected chi connectivity index (χ0v) is 12.6. The molecule has 0 aliphatic carbocycles. The van der Waals surface area contributed by atoms with Gasteiger partial charge in [-0.15, -0.1) is 10.2 Å². The van der Waals surface area contributed by atoms with Crippen molar-refractivity contribution in [2.24, 2.45) is 0 Å². The molecule has 1 N–H and O–H groups in total. The third-order valence-corrected chi connectivity index (χ3v) is 3.98. The van der Waals surface area contributed by atoms with E-state index in [0.29, 0.717) is 12.5 Å². The average molecular weight is 287 g/mol. The number of fused-ring (bicyclic) bond motifs is 1. The van der Waals surface area contributed by atoms with Gasteiger partial charge in [-0.05, 0) is 36.4 Å². The molecule has 1 aromatic carbocycles. The lowest BCUT2D eigenvalue weighted by molar-refractivity contribution is 0.305. The minimum atomic E-state index is 0.467. The first-order valence-corrected chi connectivity index (χ1v) is 7.48. The number of hydrogen-bond donors (Lipinski definition) is 1. The highest BCUT2D eigenvalue weighted by molar-refractivity contribution is 7.11. The van der Waals surface area contributed by atoms with Crippen LogP contribution in [0.2, 0.25) is 0 Å². The summed E-state index contributed by atoms with van der Waals surface area (Å²) in [5.41, 5.74) is 2.36. The topological polar surface area (TPSA) is 50.8 Å². The predicted molar refractivity (Wildman–Crippen MR) is 81.4 cm³/mol. The second kappa shape index (κ2) is 5.25. The molecule has 3 aromatic rings. The van der Waals surface area contributed by atoms with Crippen LogP contribution in [0.25, 0.3) is 10.9 Å². The summed E-state index contributed by atoms with van der Waals surface area (Å²) in [4.78, 5) is 3.43. The van der Waals surface area contributed by atoms with E-state index in [-0.39, 0.29) is 0 Å². The number of benzene rings is 1. The molecule has 0 fully saturated rings. The molecule has 20 heavy (non-hydrogen) atoms. The normalized spacial score (nSPS) is 11.4. The first-order chi connectivity index (χ1) is 9.61. The molecule has 0 saturated carbocycles. The lowest BCUT2D eigenvalue weighted by Gasteiger charge is -2.03. The molecular formula is C15H17N3OS. The highest BCUT2D eigenvalue weighted by Gasteiger charge is 2.06. The van der Waals surface area contributed by atoms with Crippen molar-refractivity contribution in [2.45, 2.75) is 33.3 Å². The van der Waals surface area contributed by atoms with E-state index in [2.05, 4.69) is 41.2 Å². The van der Waals surface area contributed by atoms with E-state index in [1.54, 1.807) is 11.3 Å². The number of aromatic amines is 1. The van der Waals surface area contributed by atoms with Crippen molar-refractivity contribution in [1.82, 2.24) is 15.2 Å². The van der Waals surface area contributed by atoms with E-state index in [0.717, 1.165) is 21.3 Å². The number of nitrogens with zero attached hydrogens (tertiary/aromatic N) is 2. The maximum atomic E-state index is 5.77. The van der Waals surface area contributed by atoms with Crippen molar-refractivity contribution in [2.75, 3.05) is 0 Å². The molecule has 2 heterocycles. The van der Waals surface area contributed by atoms with Gasteiger partial charge in [0.1, 0.15) is 17.4 Å². The average Bonchev–Trinajstić information content (AvgIpc) is 3.01. The van der Waals surface area contributed by atoms with Gasteiger partial charge in [0.2, 0.25) is 0 Å². The van der Waals surface area contributed by atoms with E-state index in [1.165, 1.54) is 11.1 Å². The Kier molecular flexibility index (Phi) is 3.44. The van der Waals surface area contributed by atoms with Crippen LogP contribution in [0.4, 0.5) is 0 Å². The number of H-pyrrole nitrogens is 1. The van der Waals surface area contributed by atoms with Gasteiger partial charge in [-0.1, -0.05) is 25.2 Å². The molecule has 0 amide bonds. The van der Waals surface area contributed by atoms with Gasteiger partial charge in [0, 0.05) is 17.3 Å². The molecule has 0 atom stereocenters. The molecule has 0 unspecified atom stereocenters. The van der Waals surface area contributed by atoms with Crippen LogP contribution < -0.4 is 4.74 Å². The van der Waals surface area contributed by atoms with E-state index >= 15 is 0 Å². The Balaban J connectivity index is 1.78. The highest BCUT2D eigenvalue weighted by atomic mass is 32.1. The lowest BCUT2D eigenvalue weighted by atomic mass is 10.1. The van der Waals surface area contributed by atoms with Gasteiger partial charge in [0.05, 0.1) is 0 Å². The number of ether oxygens (including phenoxy) is 1. The quantitative estimate of drug-likeness (QED) is 0.788. The number of aryl methyl sites for hydroxylation is 1. The zero-order chi connectivity index (χ0) is 14.1. The fraction of sp³-hybridized carbons (Fsp3) is 0.333. The monoisotopic (exact) mass is 287 g/mol. The zero-order valence-electron chi connectivity index (χ0n) is 11.8. The van der Waals surface area contributed by atoms with Gasteiger partial charge in [-0.2, -0.15) is 0 Å². The maximum Gasteiger partial charge on any atom is 0.155 e. The van der Waals surface area contributed by atoms with Crippen LogP contribution in [0.5, 0.6) is 5.75 Å². The lowest BCUT2D eigenvalue weighted by Crippen LogP contribution is -1.94. The molecular weight excluding hydrogens is 270 g/mol. The number of rotatable bonds is 4. The Morgan fingerprint density at radius 1 is 1.25 bits per heavy atom. The van der Waals surface area contributed by atoms with E-state index in [4.69, 9.17) is 4.74 Å². The van der Waals surface area contributed by atoms with Gasteiger partial charge in [0.25, 0.3) is 0 Å². The summed E-state index contributed by atoms with van der Waals surface area (Å²) in [5.74, 6) is 1.35. The summed E-state index contributed by atoms with van der Waals surface area (Å²) in [6.45, 7) is 6.77. The summed E-state index contributed by atoms with van der Waals surface area (Å²) in [7, 11) is 0. The van der Waals surface area contributed by atoms with Crippen LogP contribution >= 0.6 is 11.3 Å². The molecule has 0 aliphatic rings. The molecule has 3 rings (SSSR count). The van der Waals surface area contributed by atoms with Crippen molar-refractivity contribution < 1.29 is 4.74 Å². The molecule has 104 valence electrons. The van der Waals surface area contributed by atoms with Gasteiger partial charge in [0.15, 0.2) is 5.01 Å². The van der Waals surface area contributed by atoms with Crippen LogP contribution in [-0.2, 0) is 6.61 Å². The molecule has 0 spiro atoms. The summed E-state index contributed by atoms with van der Waals surface area (Å²) in [6.07, 6.45) is 0. The van der Waals surface area contributed by atoms with Crippen molar-refractivity contribution >= 4 is 22.2 Å². The Bertz CT molecular complexity index is 730. The smallest absolute Gasteiger partial charge is 0.155 e. The Labute approximate surface area is 121 Å². The SMILES string of the molecule is Cc1nnc(COc2ccc3cc(C(C)C)[nH]c3c2)s1. The van der Waals surface area contributed by atoms with Crippen LogP contribution in [0.3, 0.4) is 0 Å². The Hall–Kier alpha value is -1.88. The number of nitrogens with one attached hydrogen (secondary N) is 1. The fourth-order valence-corrected chi connectivity index (χ4v) is 2.69. The van der Waals surface area contributed by atoms with Gasteiger partial charge >= 0.3 is 0 Å². The van der Waals surface area contributed by atoms with Gasteiger partial charge < -0.3 is 9.72 Å². The third kappa shape index (κ3) is 2.67. The van der Waals surface area contributed by atoms with Crippen molar-refractivity contribution in [1.29, 1.82) is 0 Å². The van der Waals surface area contributed by atoms with Crippen LogP contribution in [-0.4, -0.2) is 15.2 Å².